The highest BCUT2D eigenvalue weighted by Gasteiger charge is 2.27. The number of likely N-dealkylation sites (N-methyl/N-ethyl adjacent to an activating group) is 1. The number of hydrogen-bond acceptors (Lipinski definition) is 3. The van der Waals surface area contributed by atoms with Crippen molar-refractivity contribution in [1.29, 1.82) is 0 Å². The van der Waals surface area contributed by atoms with E-state index in [2.05, 4.69) is 6.07 Å². The van der Waals surface area contributed by atoms with Gasteiger partial charge >= 0.3 is 0 Å². The van der Waals surface area contributed by atoms with E-state index in [9.17, 15) is 14.4 Å². The summed E-state index contributed by atoms with van der Waals surface area (Å²) in [6.07, 6.45) is 3.55. The van der Waals surface area contributed by atoms with Gasteiger partial charge in [-0.25, -0.2) is 0 Å². The minimum atomic E-state index is -0.533. The first-order chi connectivity index (χ1) is 15.0. The highest BCUT2D eigenvalue weighted by atomic mass is 16.2. The lowest BCUT2D eigenvalue weighted by Crippen LogP contribution is -2.37. The largest absolute Gasteiger partial charge is 0.337 e. The normalized spacial score (nSPS) is 13.2. The van der Waals surface area contributed by atoms with Gasteiger partial charge in [0.15, 0.2) is 0 Å². The molecule has 0 fully saturated rings. The fourth-order valence-electron chi connectivity index (χ4n) is 4.35. The molecular weight excluding hydrogens is 390 g/mol. The van der Waals surface area contributed by atoms with E-state index in [0.29, 0.717) is 30.6 Å². The second kappa shape index (κ2) is 8.76. The summed E-state index contributed by atoms with van der Waals surface area (Å²) in [5, 5.41) is 0.694. The fraction of sp³-hybridized carbons (Fsp3) is 0.320. The summed E-state index contributed by atoms with van der Waals surface area (Å²) in [4.78, 5) is 42.2. The van der Waals surface area contributed by atoms with Crippen molar-refractivity contribution in [3.05, 3.63) is 65.9 Å². The van der Waals surface area contributed by atoms with E-state index >= 15 is 0 Å². The zero-order chi connectivity index (χ0) is 22.0. The van der Waals surface area contributed by atoms with Crippen LogP contribution in [0.25, 0.3) is 10.9 Å². The molecule has 1 aliphatic rings. The minimum absolute atomic E-state index is 0.0260. The van der Waals surface area contributed by atoms with Crippen LogP contribution in [0, 0.1) is 0 Å². The summed E-state index contributed by atoms with van der Waals surface area (Å²) < 4.78 is 1.79. The van der Waals surface area contributed by atoms with Crippen LogP contribution >= 0.6 is 0 Å². The third-order valence-electron chi connectivity index (χ3n) is 6.00. The van der Waals surface area contributed by atoms with Crippen LogP contribution in [0.1, 0.15) is 36.2 Å². The van der Waals surface area contributed by atoms with Crippen molar-refractivity contribution < 1.29 is 14.4 Å². The van der Waals surface area contributed by atoms with Gasteiger partial charge in [-0.1, -0.05) is 36.4 Å². The van der Waals surface area contributed by atoms with Crippen LogP contribution < -0.4 is 4.90 Å². The van der Waals surface area contributed by atoms with E-state index in [1.807, 2.05) is 61.2 Å². The Morgan fingerprint density at radius 3 is 2.45 bits per heavy atom. The number of para-hydroxylation sites is 2. The average molecular weight is 418 g/mol. The number of rotatable bonds is 6. The lowest BCUT2D eigenvalue weighted by atomic mass is 10.0. The van der Waals surface area contributed by atoms with E-state index in [-0.39, 0.29) is 12.5 Å². The van der Waals surface area contributed by atoms with Crippen LogP contribution in [0.4, 0.5) is 5.69 Å². The maximum atomic E-state index is 13.2. The number of hydrogen-bond donors (Lipinski definition) is 0. The van der Waals surface area contributed by atoms with Gasteiger partial charge in [0.2, 0.25) is 5.91 Å². The Bertz CT molecular complexity index is 1140. The Morgan fingerprint density at radius 1 is 0.968 bits per heavy atom. The fourth-order valence-corrected chi connectivity index (χ4v) is 4.35. The second-order valence-electron chi connectivity index (χ2n) is 7.77. The molecular formula is C25H27N3O3. The van der Waals surface area contributed by atoms with Crippen molar-refractivity contribution in [2.75, 3.05) is 24.5 Å². The third-order valence-corrected chi connectivity index (χ3v) is 6.00. The molecule has 4 rings (SSSR count). The predicted molar refractivity (Wildman–Crippen MR) is 121 cm³/mol. The first-order valence-electron chi connectivity index (χ1n) is 10.8. The molecule has 31 heavy (non-hydrogen) atoms. The van der Waals surface area contributed by atoms with Gasteiger partial charge in [0, 0.05) is 42.4 Å². The van der Waals surface area contributed by atoms with E-state index < -0.39 is 11.7 Å². The summed E-state index contributed by atoms with van der Waals surface area (Å²) in [6, 6.07) is 15.4. The van der Waals surface area contributed by atoms with Gasteiger partial charge in [-0.3, -0.25) is 14.4 Å². The predicted octanol–water partition coefficient (Wildman–Crippen LogP) is 3.67. The standard InChI is InChI=1S/C25H27N3O3/c1-3-26(4-2)25(31)24(30)20-16-27(22-14-8-6-12-19(20)22)17-23(29)28-15-9-11-18-10-5-7-13-21(18)28/h5-8,10,12-14,16H,3-4,9,11,15,17H2,1-2H3. The molecule has 160 valence electrons. The Morgan fingerprint density at radius 2 is 1.68 bits per heavy atom. The van der Waals surface area contributed by atoms with E-state index in [4.69, 9.17) is 0 Å². The zero-order valence-corrected chi connectivity index (χ0v) is 18.0. The van der Waals surface area contributed by atoms with Gasteiger partial charge in [0.25, 0.3) is 11.7 Å². The maximum Gasteiger partial charge on any atom is 0.295 e. The number of carbonyl (C=O) groups excluding carboxylic acids is 3. The Hall–Kier alpha value is -3.41. The number of anilines is 1. The quantitative estimate of drug-likeness (QED) is 0.454. The molecule has 0 bridgehead atoms. The molecule has 6 nitrogen and oxygen atoms in total. The van der Waals surface area contributed by atoms with Crippen LogP contribution in [0.3, 0.4) is 0 Å². The van der Waals surface area contributed by atoms with E-state index in [0.717, 1.165) is 24.0 Å². The van der Waals surface area contributed by atoms with Crippen LogP contribution in [-0.2, 0) is 22.6 Å². The molecule has 0 spiro atoms. The lowest BCUT2D eigenvalue weighted by molar-refractivity contribution is -0.126. The van der Waals surface area contributed by atoms with Crippen LogP contribution in [0.15, 0.2) is 54.7 Å². The number of nitrogens with zero attached hydrogens (tertiary/aromatic N) is 3. The molecule has 3 aromatic rings. The molecule has 0 saturated carbocycles. The van der Waals surface area contributed by atoms with Crippen LogP contribution in [0.2, 0.25) is 0 Å². The summed E-state index contributed by atoms with van der Waals surface area (Å²) in [6.45, 7) is 5.46. The first kappa shape index (κ1) is 20.8. The highest BCUT2D eigenvalue weighted by molar-refractivity contribution is 6.44. The molecule has 2 aromatic carbocycles. The summed E-state index contributed by atoms with van der Waals surface area (Å²) in [7, 11) is 0. The van der Waals surface area contributed by atoms with Crippen molar-refractivity contribution in [3.63, 3.8) is 0 Å². The van der Waals surface area contributed by atoms with Gasteiger partial charge in [-0.2, -0.15) is 0 Å². The Labute approximate surface area is 182 Å². The molecule has 0 aliphatic carbocycles. The number of aryl methyl sites for hydroxylation is 1. The molecule has 0 N–H and O–H groups in total. The summed E-state index contributed by atoms with van der Waals surface area (Å²) in [5.41, 5.74) is 3.26. The molecule has 2 heterocycles. The SMILES string of the molecule is CCN(CC)C(=O)C(=O)c1cn(CC(=O)N2CCCc3ccccc32)c2ccccc12. The van der Waals surface area contributed by atoms with Gasteiger partial charge in [-0.15, -0.1) is 0 Å². The number of carbonyl (C=O) groups is 3. The van der Waals surface area contributed by atoms with Crippen molar-refractivity contribution in [2.45, 2.75) is 33.2 Å². The van der Waals surface area contributed by atoms with E-state index in [1.165, 1.54) is 10.5 Å². The smallest absolute Gasteiger partial charge is 0.295 e. The van der Waals surface area contributed by atoms with Gasteiger partial charge in [0.1, 0.15) is 6.54 Å². The van der Waals surface area contributed by atoms with Crippen molar-refractivity contribution in [2.24, 2.45) is 0 Å². The molecule has 0 radical (unpaired) electrons. The number of benzene rings is 2. The summed E-state index contributed by atoms with van der Waals surface area (Å²) in [5.74, 6) is -1.07. The number of ketones is 1. The van der Waals surface area contributed by atoms with Crippen molar-refractivity contribution in [1.82, 2.24) is 9.47 Å². The van der Waals surface area contributed by atoms with Crippen molar-refractivity contribution >= 4 is 34.2 Å². The Kier molecular flexibility index (Phi) is 5.89. The van der Waals surface area contributed by atoms with E-state index in [1.54, 1.807) is 10.8 Å². The molecule has 1 aromatic heterocycles. The average Bonchev–Trinajstić information content (AvgIpc) is 3.17. The van der Waals surface area contributed by atoms with Crippen LogP contribution in [-0.4, -0.2) is 46.7 Å². The monoisotopic (exact) mass is 417 g/mol. The minimum Gasteiger partial charge on any atom is -0.337 e. The highest BCUT2D eigenvalue weighted by Crippen LogP contribution is 2.28. The molecule has 2 amide bonds. The molecule has 0 saturated heterocycles. The van der Waals surface area contributed by atoms with Crippen molar-refractivity contribution in [3.8, 4) is 0 Å². The zero-order valence-electron chi connectivity index (χ0n) is 18.0. The number of amides is 2. The number of fused-ring (bicyclic) bond motifs is 2. The van der Waals surface area contributed by atoms with Gasteiger partial charge in [0.05, 0.1) is 5.56 Å². The lowest BCUT2D eigenvalue weighted by Gasteiger charge is -2.29. The molecule has 6 heteroatoms. The molecule has 0 atom stereocenters. The third kappa shape index (κ3) is 3.85. The van der Waals surface area contributed by atoms with Crippen LogP contribution in [0.5, 0.6) is 0 Å². The maximum absolute atomic E-state index is 13.2. The topological polar surface area (TPSA) is 62.6 Å². The van der Waals surface area contributed by atoms with Gasteiger partial charge in [-0.05, 0) is 44.4 Å². The number of aromatic nitrogens is 1. The molecule has 0 unspecified atom stereocenters. The Balaban J connectivity index is 1.66. The second-order valence-corrected chi connectivity index (χ2v) is 7.77. The summed E-state index contributed by atoms with van der Waals surface area (Å²) >= 11 is 0. The first-order valence-corrected chi connectivity index (χ1v) is 10.8. The molecule has 1 aliphatic heterocycles. The number of Topliss-reactive ketones (excluding diaryl/α,β-unsaturated/α-hetero) is 1. The van der Waals surface area contributed by atoms with Gasteiger partial charge < -0.3 is 14.4 Å².